The Morgan fingerprint density at radius 1 is 1.23 bits per heavy atom. The van der Waals surface area contributed by atoms with Crippen LogP contribution in [0.2, 0.25) is 5.02 Å². The summed E-state index contributed by atoms with van der Waals surface area (Å²) in [5, 5.41) is 11.8. The van der Waals surface area contributed by atoms with Gasteiger partial charge in [0.2, 0.25) is 5.91 Å². The summed E-state index contributed by atoms with van der Waals surface area (Å²) in [6, 6.07) is 12.7. The van der Waals surface area contributed by atoms with Gasteiger partial charge < -0.3 is 5.32 Å². The zero-order chi connectivity index (χ0) is 15.5. The number of nitrogens with one attached hydrogen (secondary N) is 1. The molecule has 22 heavy (non-hydrogen) atoms. The van der Waals surface area contributed by atoms with Crippen molar-refractivity contribution in [3.05, 3.63) is 65.1 Å². The number of hydrogen-bond acceptors (Lipinski definition) is 3. The Balaban J connectivity index is 1.69. The first-order chi connectivity index (χ1) is 10.6. The number of fused-ring (bicyclic) bond motifs is 1. The van der Waals surface area contributed by atoms with E-state index in [4.69, 9.17) is 11.6 Å². The standard InChI is InChI=1S/C16H15ClN4O/c1-11(16-20-19-14-4-2-3-9-21(14)16)18-15(22)10-12-5-7-13(17)8-6-12/h2-9,11H,10H2,1H3,(H,18,22). The van der Waals surface area contributed by atoms with Crippen molar-refractivity contribution in [3.63, 3.8) is 0 Å². The molecule has 1 aromatic carbocycles. The number of hydrogen-bond donors (Lipinski definition) is 1. The molecular weight excluding hydrogens is 300 g/mol. The topological polar surface area (TPSA) is 59.3 Å². The van der Waals surface area contributed by atoms with Crippen molar-refractivity contribution in [2.24, 2.45) is 0 Å². The number of aromatic nitrogens is 3. The maximum atomic E-state index is 12.1. The Morgan fingerprint density at radius 3 is 2.77 bits per heavy atom. The molecule has 1 atom stereocenters. The molecule has 6 heteroatoms. The van der Waals surface area contributed by atoms with Crippen LogP contribution in [0.3, 0.4) is 0 Å². The van der Waals surface area contributed by atoms with E-state index in [-0.39, 0.29) is 11.9 Å². The summed E-state index contributed by atoms with van der Waals surface area (Å²) in [5.41, 5.74) is 1.68. The fraction of sp³-hybridized carbons (Fsp3) is 0.188. The lowest BCUT2D eigenvalue weighted by Crippen LogP contribution is -2.29. The van der Waals surface area contributed by atoms with Crippen LogP contribution < -0.4 is 5.32 Å². The van der Waals surface area contributed by atoms with Crippen LogP contribution in [0.25, 0.3) is 5.65 Å². The molecule has 5 nitrogen and oxygen atoms in total. The largest absolute Gasteiger partial charge is 0.346 e. The van der Waals surface area contributed by atoms with Gasteiger partial charge in [-0.3, -0.25) is 9.20 Å². The van der Waals surface area contributed by atoms with Gasteiger partial charge in [-0.2, -0.15) is 0 Å². The van der Waals surface area contributed by atoms with Crippen molar-refractivity contribution >= 4 is 23.2 Å². The summed E-state index contributed by atoms with van der Waals surface area (Å²) >= 11 is 5.84. The lowest BCUT2D eigenvalue weighted by molar-refractivity contribution is -0.121. The first kappa shape index (κ1) is 14.5. The molecule has 1 unspecified atom stereocenters. The molecule has 2 aromatic heterocycles. The van der Waals surface area contributed by atoms with E-state index in [0.717, 1.165) is 11.2 Å². The van der Waals surface area contributed by atoms with E-state index in [0.29, 0.717) is 17.3 Å². The third kappa shape index (κ3) is 3.09. The Kier molecular flexibility index (Phi) is 4.06. The average Bonchev–Trinajstić information content (AvgIpc) is 2.93. The van der Waals surface area contributed by atoms with Crippen molar-refractivity contribution in [2.45, 2.75) is 19.4 Å². The zero-order valence-corrected chi connectivity index (χ0v) is 12.8. The number of halogens is 1. The van der Waals surface area contributed by atoms with Crippen LogP contribution >= 0.6 is 11.6 Å². The van der Waals surface area contributed by atoms with Crippen LogP contribution in [0.1, 0.15) is 24.4 Å². The molecule has 0 fully saturated rings. The lowest BCUT2D eigenvalue weighted by atomic mass is 10.1. The Bertz CT molecular complexity index is 797. The van der Waals surface area contributed by atoms with Crippen LogP contribution in [0, 0.1) is 0 Å². The maximum absolute atomic E-state index is 12.1. The number of benzene rings is 1. The van der Waals surface area contributed by atoms with E-state index >= 15 is 0 Å². The van der Waals surface area contributed by atoms with Crippen molar-refractivity contribution in [1.29, 1.82) is 0 Å². The molecule has 0 saturated heterocycles. The molecule has 1 N–H and O–H groups in total. The van der Waals surface area contributed by atoms with Gasteiger partial charge in [-0.15, -0.1) is 10.2 Å². The summed E-state index contributed by atoms with van der Waals surface area (Å²) in [6.07, 6.45) is 2.19. The molecule has 0 saturated carbocycles. The van der Waals surface area contributed by atoms with E-state index in [9.17, 15) is 4.79 Å². The van der Waals surface area contributed by atoms with Crippen LogP contribution in [0.4, 0.5) is 0 Å². The normalized spacial score (nSPS) is 12.3. The van der Waals surface area contributed by atoms with Crippen molar-refractivity contribution in [3.8, 4) is 0 Å². The highest BCUT2D eigenvalue weighted by Crippen LogP contribution is 2.13. The van der Waals surface area contributed by atoms with Gasteiger partial charge >= 0.3 is 0 Å². The second kappa shape index (κ2) is 6.15. The van der Waals surface area contributed by atoms with E-state index in [1.54, 1.807) is 12.1 Å². The van der Waals surface area contributed by atoms with E-state index in [1.165, 1.54) is 0 Å². The van der Waals surface area contributed by atoms with Gasteiger partial charge in [0.1, 0.15) is 0 Å². The molecule has 0 bridgehead atoms. The average molecular weight is 315 g/mol. The van der Waals surface area contributed by atoms with Gasteiger partial charge in [0.15, 0.2) is 11.5 Å². The first-order valence-corrected chi connectivity index (χ1v) is 7.35. The van der Waals surface area contributed by atoms with Gasteiger partial charge in [-0.25, -0.2) is 0 Å². The van der Waals surface area contributed by atoms with Gasteiger partial charge in [-0.05, 0) is 36.8 Å². The predicted octanol–water partition coefficient (Wildman–Crippen LogP) is 2.80. The van der Waals surface area contributed by atoms with Crippen molar-refractivity contribution < 1.29 is 4.79 Å². The number of carbonyl (C=O) groups excluding carboxylic acids is 1. The van der Waals surface area contributed by atoms with Gasteiger partial charge in [-0.1, -0.05) is 29.8 Å². The van der Waals surface area contributed by atoms with Gasteiger partial charge in [0.25, 0.3) is 0 Å². The minimum Gasteiger partial charge on any atom is -0.346 e. The predicted molar refractivity (Wildman–Crippen MR) is 84.7 cm³/mol. The molecule has 3 rings (SSSR count). The van der Waals surface area contributed by atoms with Crippen LogP contribution in [0.5, 0.6) is 0 Å². The Hall–Kier alpha value is -2.40. The zero-order valence-electron chi connectivity index (χ0n) is 12.0. The molecule has 0 aliphatic rings. The summed E-state index contributed by atoms with van der Waals surface area (Å²) in [6.45, 7) is 1.89. The Labute approximate surface area is 132 Å². The number of amides is 1. The van der Waals surface area contributed by atoms with Crippen molar-refractivity contribution in [2.75, 3.05) is 0 Å². The first-order valence-electron chi connectivity index (χ1n) is 6.97. The minimum absolute atomic E-state index is 0.0671. The summed E-state index contributed by atoms with van der Waals surface area (Å²) in [7, 11) is 0. The Morgan fingerprint density at radius 2 is 2.00 bits per heavy atom. The smallest absolute Gasteiger partial charge is 0.224 e. The summed E-state index contributed by atoms with van der Waals surface area (Å²) < 4.78 is 1.87. The minimum atomic E-state index is -0.225. The summed E-state index contributed by atoms with van der Waals surface area (Å²) in [5.74, 6) is 0.641. The molecule has 0 spiro atoms. The second-order valence-electron chi connectivity index (χ2n) is 5.08. The van der Waals surface area contributed by atoms with E-state index in [2.05, 4.69) is 15.5 Å². The molecular formula is C16H15ClN4O. The van der Waals surface area contributed by atoms with Gasteiger partial charge in [0.05, 0.1) is 12.5 Å². The fourth-order valence-electron chi connectivity index (χ4n) is 2.30. The number of pyridine rings is 1. The summed E-state index contributed by atoms with van der Waals surface area (Å²) in [4.78, 5) is 12.1. The monoisotopic (exact) mass is 314 g/mol. The maximum Gasteiger partial charge on any atom is 0.224 e. The third-order valence-electron chi connectivity index (χ3n) is 3.38. The molecule has 3 aromatic rings. The number of rotatable bonds is 4. The lowest BCUT2D eigenvalue weighted by Gasteiger charge is -2.12. The van der Waals surface area contributed by atoms with Crippen LogP contribution in [0.15, 0.2) is 48.7 Å². The number of nitrogens with zero attached hydrogens (tertiary/aromatic N) is 3. The molecule has 112 valence electrons. The SMILES string of the molecule is CC(NC(=O)Cc1ccc(Cl)cc1)c1nnc2ccccn12. The van der Waals surface area contributed by atoms with Gasteiger partial charge in [0, 0.05) is 11.2 Å². The van der Waals surface area contributed by atoms with Crippen molar-refractivity contribution in [1.82, 2.24) is 19.9 Å². The van der Waals surface area contributed by atoms with Crippen LogP contribution in [-0.4, -0.2) is 20.5 Å². The van der Waals surface area contributed by atoms with E-state index in [1.807, 2.05) is 47.9 Å². The molecule has 0 radical (unpaired) electrons. The highest BCUT2D eigenvalue weighted by molar-refractivity contribution is 6.30. The molecule has 0 aliphatic carbocycles. The molecule has 2 heterocycles. The highest BCUT2D eigenvalue weighted by atomic mass is 35.5. The van der Waals surface area contributed by atoms with Crippen LogP contribution in [-0.2, 0) is 11.2 Å². The quantitative estimate of drug-likeness (QED) is 0.805. The van der Waals surface area contributed by atoms with E-state index < -0.39 is 0 Å². The second-order valence-corrected chi connectivity index (χ2v) is 5.52. The highest BCUT2D eigenvalue weighted by Gasteiger charge is 2.15. The number of carbonyl (C=O) groups is 1. The third-order valence-corrected chi connectivity index (χ3v) is 3.63. The fourth-order valence-corrected chi connectivity index (χ4v) is 2.43. The molecule has 0 aliphatic heterocycles. The molecule has 1 amide bonds.